The van der Waals surface area contributed by atoms with E-state index in [1.165, 1.54) is 18.2 Å². The molecule has 2 aromatic carbocycles. The normalized spacial score (nSPS) is 17.5. The number of ether oxygens (including phenoxy) is 3. The monoisotopic (exact) mass is 547 g/mol. The molecule has 0 amide bonds. The number of benzene rings is 2. The molecule has 2 atom stereocenters. The van der Waals surface area contributed by atoms with Gasteiger partial charge in [-0.3, -0.25) is 9.36 Å². The summed E-state index contributed by atoms with van der Waals surface area (Å²) in [7, 11) is 0. The van der Waals surface area contributed by atoms with E-state index in [-0.39, 0.29) is 34.2 Å². The molecule has 3 aromatic rings. The Morgan fingerprint density at radius 1 is 1.16 bits per heavy atom. The molecule has 2 heterocycles. The van der Waals surface area contributed by atoms with E-state index in [9.17, 15) is 31.9 Å². The summed E-state index contributed by atoms with van der Waals surface area (Å²) in [5, 5.41) is 16.4. The van der Waals surface area contributed by atoms with Gasteiger partial charge in [0.2, 0.25) is 11.6 Å². The van der Waals surface area contributed by atoms with E-state index < -0.39 is 54.3 Å². The van der Waals surface area contributed by atoms with Crippen molar-refractivity contribution in [3.05, 3.63) is 69.8 Å². The highest BCUT2D eigenvalue weighted by Gasteiger charge is 2.44. The minimum absolute atomic E-state index is 0.0159. The molecule has 1 aliphatic rings. The van der Waals surface area contributed by atoms with Crippen LogP contribution < -0.4 is 4.74 Å². The summed E-state index contributed by atoms with van der Waals surface area (Å²) >= 11 is 6.51. The van der Waals surface area contributed by atoms with Crippen LogP contribution in [0.15, 0.2) is 36.4 Å². The number of carbonyl (C=O) groups is 1. The number of carbonyl (C=O) groups excluding carboxylic acids is 1. The lowest BCUT2D eigenvalue weighted by Crippen LogP contribution is -2.25. The Hall–Kier alpha value is -3.29. The van der Waals surface area contributed by atoms with Crippen molar-refractivity contribution in [3.63, 3.8) is 0 Å². The van der Waals surface area contributed by atoms with Crippen LogP contribution in [0.5, 0.6) is 5.75 Å². The highest BCUT2D eigenvalue weighted by Crippen LogP contribution is 2.46. The summed E-state index contributed by atoms with van der Waals surface area (Å²) < 4.78 is 87.7. The Bertz CT molecular complexity index is 1330. The molecule has 198 valence electrons. The summed E-state index contributed by atoms with van der Waals surface area (Å²) in [6.07, 6.45) is -8.05. The molecule has 0 bridgehead atoms. The van der Waals surface area contributed by atoms with Gasteiger partial charge in [0.15, 0.2) is 0 Å². The first-order chi connectivity index (χ1) is 17.4. The summed E-state index contributed by atoms with van der Waals surface area (Å²) in [5.41, 5.74) is -1.47. The van der Waals surface area contributed by atoms with E-state index >= 15 is 0 Å². The largest absolute Gasteiger partial charge is 0.492 e. The van der Waals surface area contributed by atoms with Crippen molar-refractivity contribution in [2.75, 3.05) is 13.2 Å². The van der Waals surface area contributed by atoms with Crippen LogP contribution in [0.1, 0.15) is 54.6 Å². The lowest BCUT2D eigenvalue weighted by atomic mass is 9.97. The van der Waals surface area contributed by atoms with Crippen molar-refractivity contribution in [3.8, 4) is 11.4 Å². The SMILES string of the molecule is CCOc1cccc([C@H]2O[C@H](OC(C)=O)c3nnc(C(F)(F)CO)n3-c3ccc(C(F)(F)F)cc32)c1Cl. The van der Waals surface area contributed by atoms with Crippen molar-refractivity contribution in [1.29, 1.82) is 0 Å². The number of alkyl halides is 5. The van der Waals surface area contributed by atoms with Gasteiger partial charge >= 0.3 is 18.1 Å². The van der Waals surface area contributed by atoms with Gasteiger partial charge < -0.3 is 19.3 Å². The van der Waals surface area contributed by atoms with Gasteiger partial charge in [-0.15, -0.1) is 10.2 Å². The maximum atomic E-state index is 14.7. The third-order valence-corrected chi connectivity index (χ3v) is 5.82. The summed E-state index contributed by atoms with van der Waals surface area (Å²) in [4.78, 5) is 11.9. The molecule has 0 saturated heterocycles. The highest BCUT2D eigenvalue weighted by atomic mass is 35.5. The second-order valence-corrected chi connectivity index (χ2v) is 8.28. The molecular weight excluding hydrogens is 529 g/mol. The average Bonchev–Trinajstić information content (AvgIpc) is 3.23. The van der Waals surface area contributed by atoms with Gasteiger partial charge in [-0.25, -0.2) is 0 Å². The molecule has 0 radical (unpaired) electrons. The zero-order chi connectivity index (χ0) is 27.1. The highest BCUT2D eigenvalue weighted by molar-refractivity contribution is 6.32. The molecule has 0 unspecified atom stereocenters. The first-order valence-corrected chi connectivity index (χ1v) is 11.2. The minimum atomic E-state index is -4.80. The van der Waals surface area contributed by atoms with Crippen LogP contribution in [0.25, 0.3) is 5.69 Å². The molecular formula is C23H19ClF5N3O5. The van der Waals surface area contributed by atoms with Crippen LogP contribution in [0, 0.1) is 0 Å². The number of halogens is 6. The fourth-order valence-electron chi connectivity index (χ4n) is 3.87. The molecule has 8 nitrogen and oxygen atoms in total. The molecule has 4 rings (SSSR count). The Kier molecular flexibility index (Phi) is 7.14. The van der Waals surface area contributed by atoms with E-state index in [2.05, 4.69) is 10.2 Å². The number of aliphatic hydroxyl groups excluding tert-OH is 1. The van der Waals surface area contributed by atoms with Gasteiger partial charge in [0.25, 0.3) is 6.29 Å². The number of esters is 1. The first kappa shape index (κ1) is 26.8. The predicted octanol–water partition coefficient (Wildman–Crippen LogP) is 5.10. The molecule has 1 aliphatic heterocycles. The molecule has 0 spiro atoms. The summed E-state index contributed by atoms with van der Waals surface area (Å²) in [6, 6.07) is 6.82. The Balaban J connectivity index is 2.06. The number of rotatable bonds is 6. The van der Waals surface area contributed by atoms with Gasteiger partial charge in [-0.1, -0.05) is 23.7 Å². The van der Waals surface area contributed by atoms with Crippen LogP contribution in [0.3, 0.4) is 0 Å². The van der Waals surface area contributed by atoms with Crippen LogP contribution in [0.2, 0.25) is 5.02 Å². The van der Waals surface area contributed by atoms with E-state index in [0.717, 1.165) is 13.0 Å². The van der Waals surface area contributed by atoms with Crippen LogP contribution in [0.4, 0.5) is 22.0 Å². The van der Waals surface area contributed by atoms with Gasteiger partial charge in [0.1, 0.15) is 18.5 Å². The number of fused-ring (bicyclic) bond motifs is 3. The predicted molar refractivity (Wildman–Crippen MR) is 117 cm³/mol. The lowest BCUT2D eigenvalue weighted by molar-refractivity contribution is -0.188. The molecule has 1 N–H and O–H groups in total. The van der Waals surface area contributed by atoms with Crippen LogP contribution in [-0.2, 0) is 26.4 Å². The second-order valence-electron chi connectivity index (χ2n) is 7.90. The van der Waals surface area contributed by atoms with Crippen molar-refractivity contribution >= 4 is 17.6 Å². The Morgan fingerprint density at radius 3 is 2.51 bits per heavy atom. The van der Waals surface area contributed by atoms with Crippen molar-refractivity contribution < 1.29 is 46.1 Å². The molecule has 0 saturated carbocycles. The number of aromatic nitrogens is 3. The van der Waals surface area contributed by atoms with E-state index in [1.54, 1.807) is 6.92 Å². The van der Waals surface area contributed by atoms with Crippen LogP contribution in [-0.4, -0.2) is 39.1 Å². The van der Waals surface area contributed by atoms with Crippen LogP contribution >= 0.6 is 11.6 Å². The van der Waals surface area contributed by atoms with E-state index in [0.29, 0.717) is 16.7 Å². The van der Waals surface area contributed by atoms with Crippen molar-refractivity contribution in [1.82, 2.24) is 14.8 Å². The van der Waals surface area contributed by atoms with Crippen molar-refractivity contribution in [2.24, 2.45) is 0 Å². The number of hydrogen-bond acceptors (Lipinski definition) is 7. The summed E-state index contributed by atoms with van der Waals surface area (Å²) in [6.45, 7) is 1.26. The Morgan fingerprint density at radius 2 is 1.89 bits per heavy atom. The van der Waals surface area contributed by atoms with E-state index in [1.807, 2.05) is 0 Å². The van der Waals surface area contributed by atoms with Gasteiger partial charge in [0, 0.05) is 18.1 Å². The standard InChI is InChI=1S/C23H19ClF5N3O5/c1-3-35-16-6-4-5-13(17(16)24)18-14-9-12(23(27,28)29)7-8-15(14)32-19(20(37-18)36-11(2)34)30-31-21(32)22(25,26)10-33/h4-9,18,20,33H,3,10H2,1-2H3/t18-,20+/m1/s1. The zero-order valence-electron chi connectivity index (χ0n) is 19.2. The van der Waals surface area contributed by atoms with Gasteiger partial charge in [-0.2, -0.15) is 22.0 Å². The topological polar surface area (TPSA) is 95.7 Å². The smallest absolute Gasteiger partial charge is 0.416 e. The van der Waals surface area contributed by atoms with E-state index in [4.69, 9.17) is 25.8 Å². The van der Waals surface area contributed by atoms with Crippen molar-refractivity contribution in [2.45, 2.75) is 38.3 Å². The zero-order valence-corrected chi connectivity index (χ0v) is 20.0. The van der Waals surface area contributed by atoms with Gasteiger partial charge in [-0.05, 0) is 31.2 Å². The number of hydrogen-bond donors (Lipinski definition) is 1. The molecule has 37 heavy (non-hydrogen) atoms. The molecule has 1 aromatic heterocycles. The Labute approximate surface area is 211 Å². The fraction of sp³-hybridized carbons (Fsp3) is 0.348. The fourth-order valence-corrected chi connectivity index (χ4v) is 4.15. The second kappa shape index (κ2) is 9.88. The minimum Gasteiger partial charge on any atom is -0.492 e. The maximum absolute atomic E-state index is 14.7. The van der Waals surface area contributed by atoms with Gasteiger partial charge in [0.05, 0.1) is 22.9 Å². The average molecular weight is 548 g/mol. The maximum Gasteiger partial charge on any atom is 0.416 e. The molecule has 0 aliphatic carbocycles. The number of nitrogens with zero attached hydrogens (tertiary/aromatic N) is 3. The quantitative estimate of drug-likeness (QED) is 0.339. The third kappa shape index (κ3) is 4.98. The summed E-state index contributed by atoms with van der Waals surface area (Å²) in [5.74, 6) is -6.22. The third-order valence-electron chi connectivity index (χ3n) is 5.41. The number of aliphatic hydroxyl groups is 1. The lowest BCUT2D eigenvalue weighted by Gasteiger charge is -2.24. The molecule has 0 fully saturated rings. The molecule has 14 heteroatoms. The first-order valence-electron chi connectivity index (χ1n) is 10.8.